The Morgan fingerprint density at radius 1 is 0.841 bits per heavy atom. The molecule has 2 aliphatic heterocycles. The molecule has 2 N–H and O–H groups in total. The van der Waals surface area contributed by atoms with Gasteiger partial charge in [0.05, 0.1) is 10.6 Å². The smallest absolute Gasteiger partial charge is 0.380 e. The molecule has 1 unspecified atom stereocenters. The van der Waals surface area contributed by atoms with Gasteiger partial charge in [-0.25, -0.2) is 41.4 Å². The third kappa shape index (κ3) is 11.5. The summed E-state index contributed by atoms with van der Waals surface area (Å²) in [5, 5.41) is 3.03. The number of halogens is 5. The van der Waals surface area contributed by atoms with Crippen molar-refractivity contribution in [3.63, 3.8) is 0 Å². The van der Waals surface area contributed by atoms with Crippen LogP contribution >= 0.6 is 22.8 Å². The molecule has 20 heteroatoms. The summed E-state index contributed by atoms with van der Waals surface area (Å²) in [6, 6.07) is 17.7. The number of alkyl halides is 5. The quantitative estimate of drug-likeness (QED) is 0.0490. The van der Waals surface area contributed by atoms with Crippen LogP contribution in [0.25, 0.3) is 0 Å². The summed E-state index contributed by atoms with van der Waals surface area (Å²) >= 11 is 1.24. The number of thiol groups is 1. The van der Waals surface area contributed by atoms with Gasteiger partial charge in [-0.15, -0.1) is 11.8 Å². The molecule has 3 aromatic carbocycles. The van der Waals surface area contributed by atoms with E-state index in [1.54, 1.807) is 12.1 Å². The molecule has 2 heterocycles. The van der Waals surface area contributed by atoms with Crippen molar-refractivity contribution >= 4 is 60.0 Å². The van der Waals surface area contributed by atoms with Gasteiger partial charge in [0.2, 0.25) is 6.43 Å². The zero-order chi connectivity index (χ0) is 49.6. The predicted molar refractivity (Wildman–Crippen MR) is 267 cm³/mol. The zero-order valence-electron chi connectivity index (χ0n) is 39.7. The average Bonchev–Trinajstić information content (AvgIpc) is 3.27. The van der Waals surface area contributed by atoms with E-state index in [9.17, 15) is 43.6 Å². The number of hydrogen-bond acceptors (Lipinski definition) is 11. The maximum absolute atomic E-state index is 14.3. The van der Waals surface area contributed by atoms with E-state index < -0.39 is 64.6 Å². The molecule has 3 aromatic rings. The van der Waals surface area contributed by atoms with Crippen LogP contribution in [0.4, 0.5) is 33.3 Å². The standard InChI is InChI=1S/C49H65F5N6O5S4/c1-46(2)18-16-36(41(29-46)47-32-48(33-47,34-47)45(50)51)30-58-20-24-59(25-21-58)38-12-10-35(11-13-38)44(61)56-69(64,65)40-14-15-42(43(28-40)68(62,63)49(52,53)54)55-37(31-66-39-8-6-5-7-9-39)17-19-57-22-26-60(27-23-57)67(3)4/h5-15,28,37,45,55,67H,16-27,29-34H2,1-4H3,(H,56,61). The molecule has 2 bridgehead atoms. The number of nitrogens with zero attached hydrogens (tertiary/aromatic N) is 4. The van der Waals surface area contributed by atoms with Crippen molar-refractivity contribution in [1.29, 1.82) is 0 Å². The second-order valence-corrected chi connectivity index (χ2v) is 27.6. The Morgan fingerprint density at radius 3 is 2.09 bits per heavy atom. The fourth-order valence-corrected chi connectivity index (χ4v) is 14.9. The van der Waals surface area contributed by atoms with Crippen LogP contribution in [0.3, 0.4) is 0 Å². The Kier molecular flexibility index (Phi) is 15.2. The second kappa shape index (κ2) is 20.2. The van der Waals surface area contributed by atoms with E-state index in [0.29, 0.717) is 57.1 Å². The number of amides is 1. The summed E-state index contributed by atoms with van der Waals surface area (Å²) in [6.07, 6.45) is 7.44. The van der Waals surface area contributed by atoms with Gasteiger partial charge in [0, 0.05) is 98.8 Å². The molecule has 69 heavy (non-hydrogen) atoms. The zero-order valence-corrected chi connectivity index (χ0v) is 43.0. The lowest BCUT2D eigenvalue weighted by molar-refractivity contribution is -0.250. The number of piperazine rings is 2. The third-order valence-corrected chi connectivity index (χ3v) is 20.5. The molecule has 9 rings (SSSR count). The average molecular weight is 1040 g/mol. The minimum absolute atomic E-state index is 0.0188. The number of thioether (sulfide) groups is 1. The van der Waals surface area contributed by atoms with Crippen LogP contribution in [-0.4, -0.2) is 139 Å². The first kappa shape index (κ1) is 51.9. The molecule has 3 saturated carbocycles. The summed E-state index contributed by atoms with van der Waals surface area (Å²) in [5.74, 6) is -0.658. The van der Waals surface area contributed by atoms with Crippen molar-refractivity contribution in [2.45, 2.75) is 91.5 Å². The highest BCUT2D eigenvalue weighted by molar-refractivity contribution is 8.13. The summed E-state index contributed by atoms with van der Waals surface area (Å²) in [4.78, 5) is 19.1. The highest BCUT2D eigenvalue weighted by atomic mass is 32.2. The molecule has 2 saturated heterocycles. The predicted octanol–water partition coefficient (Wildman–Crippen LogP) is 8.92. The largest absolute Gasteiger partial charge is 0.501 e. The van der Waals surface area contributed by atoms with Crippen molar-refractivity contribution < 1.29 is 43.6 Å². The van der Waals surface area contributed by atoms with E-state index in [0.717, 1.165) is 87.8 Å². The van der Waals surface area contributed by atoms with Gasteiger partial charge in [-0.05, 0) is 123 Å². The van der Waals surface area contributed by atoms with Gasteiger partial charge in [0.1, 0.15) is 4.90 Å². The number of benzene rings is 3. The number of hydrogen-bond donors (Lipinski definition) is 3. The molecule has 380 valence electrons. The SMILES string of the molecule is C[SH](C)N1CCN(CCC(CSc2ccccc2)Nc2ccc(S(=O)(=O)NC(=O)c3ccc(N4CCN(CC5=C(C67CC(C(F)F)(C6)C7)CC(C)(C)CC5)CC4)cc3)cc2S(=O)(=O)C(F)(F)F)CC1. The van der Waals surface area contributed by atoms with E-state index in [1.807, 2.05) is 35.1 Å². The lowest BCUT2D eigenvalue weighted by Gasteiger charge is -2.72. The molecular formula is C49H65F5N6O5S4. The van der Waals surface area contributed by atoms with Gasteiger partial charge in [0.25, 0.3) is 25.8 Å². The molecule has 5 fully saturated rings. The van der Waals surface area contributed by atoms with Crippen LogP contribution in [0.15, 0.2) is 98.6 Å². The summed E-state index contributed by atoms with van der Waals surface area (Å²) < 4.78 is 128. The minimum Gasteiger partial charge on any atom is -0.380 e. The van der Waals surface area contributed by atoms with Crippen LogP contribution < -0.4 is 14.9 Å². The monoisotopic (exact) mass is 1040 g/mol. The number of sulfone groups is 1. The maximum Gasteiger partial charge on any atom is 0.501 e. The number of anilines is 2. The molecule has 0 aromatic heterocycles. The topological polar surface area (TPSA) is 122 Å². The second-order valence-electron chi connectivity index (χ2n) is 20.6. The molecule has 6 aliphatic rings. The van der Waals surface area contributed by atoms with Crippen molar-refractivity contribution in [2.24, 2.45) is 16.2 Å². The van der Waals surface area contributed by atoms with Gasteiger partial charge >= 0.3 is 5.51 Å². The first-order valence-electron chi connectivity index (χ1n) is 23.7. The minimum atomic E-state index is -6.07. The molecule has 0 spiro atoms. The molecule has 1 atom stereocenters. The first-order chi connectivity index (χ1) is 32.5. The Hall–Kier alpha value is -3.40. The molecular weight excluding hydrogens is 976 g/mol. The summed E-state index contributed by atoms with van der Waals surface area (Å²) in [7, 11) is -10.9. The Balaban J connectivity index is 0.916. The Bertz CT molecular complexity index is 2560. The van der Waals surface area contributed by atoms with E-state index in [-0.39, 0.29) is 27.5 Å². The lowest BCUT2D eigenvalue weighted by atomic mass is 9.32. The molecule has 0 radical (unpaired) electrons. The highest BCUT2D eigenvalue weighted by Gasteiger charge is 2.73. The van der Waals surface area contributed by atoms with E-state index in [4.69, 9.17) is 0 Å². The summed E-state index contributed by atoms with van der Waals surface area (Å²) in [5.41, 5.74) is -3.16. The van der Waals surface area contributed by atoms with E-state index in [1.165, 1.54) is 35.0 Å². The van der Waals surface area contributed by atoms with Gasteiger partial charge in [-0.3, -0.25) is 14.0 Å². The molecule has 11 nitrogen and oxygen atoms in total. The van der Waals surface area contributed by atoms with Crippen molar-refractivity contribution in [2.75, 3.05) is 93.9 Å². The molecule has 4 aliphatic carbocycles. The Morgan fingerprint density at radius 2 is 1.48 bits per heavy atom. The number of nitrogens with one attached hydrogen (secondary N) is 2. The van der Waals surface area contributed by atoms with E-state index in [2.05, 4.69) is 50.7 Å². The third-order valence-electron chi connectivity index (χ3n) is 15.0. The van der Waals surface area contributed by atoms with E-state index >= 15 is 0 Å². The molecule has 1 amide bonds. The first-order valence-corrected chi connectivity index (χ1v) is 29.8. The van der Waals surface area contributed by atoms with Gasteiger partial charge in [0.15, 0.2) is 0 Å². The maximum atomic E-state index is 14.3. The number of carbonyl (C=O) groups is 1. The van der Waals surface area contributed by atoms with Crippen LogP contribution in [0.5, 0.6) is 0 Å². The normalized spacial score (nSPS) is 24.4. The fourth-order valence-electron chi connectivity index (χ4n) is 11.0. The number of carbonyl (C=O) groups excluding carboxylic acids is 1. The van der Waals surface area contributed by atoms with Crippen LogP contribution in [-0.2, 0) is 19.9 Å². The van der Waals surface area contributed by atoms with Gasteiger partial charge in [-0.2, -0.15) is 13.2 Å². The van der Waals surface area contributed by atoms with Crippen LogP contribution in [0.2, 0.25) is 0 Å². The van der Waals surface area contributed by atoms with Crippen molar-refractivity contribution in [3.05, 3.63) is 89.5 Å². The Labute approximate surface area is 411 Å². The number of allylic oxidation sites excluding steroid dienone is 1. The van der Waals surface area contributed by atoms with Crippen molar-refractivity contribution in [3.8, 4) is 0 Å². The van der Waals surface area contributed by atoms with Gasteiger partial charge in [-0.1, -0.05) is 43.2 Å². The highest BCUT2D eigenvalue weighted by Crippen LogP contribution is 2.79. The number of sulfonamides is 1. The summed E-state index contributed by atoms with van der Waals surface area (Å²) in [6.45, 7) is 12.4. The lowest BCUT2D eigenvalue weighted by Crippen LogP contribution is -2.66. The fraction of sp³-hybridized carbons (Fsp3) is 0.571. The van der Waals surface area contributed by atoms with Crippen LogP contribution in [0, 0.1) is 16.2 Å². The van der Waals surface area contributed by atoms with Crippen LogP contribution in [0.1, 0.15) is 69.2 Å². The van der Waals surface area contributed by atoms with Crippen molar-refractivity contribution in [1.82, 2.24) is 18.8 Å². The number of rotatable bonds is 18. The van der Waals surface area contributed by atoms with Gasteiger partial charge < -0.3 is 15.1 Å².